The molecule has 14 heavy (non-hydrogen) atoms. The summed E-state index contributed by atoms with van der Waals surface area (Å²) in [7, 11) is 0. The Kier molecular flexibility index (Phi) is 3.18. The van der Waals surface area contributed by atoms with Gasteiger partial charge >= 0.3 is 0 Å². The molecule has 0 radical (unpaired) electrons. The Bertz CT molecular complexity index is 424. The van der Waals surface area contributed by atoms with E-state index in [1.165, 1.54) is 11.3 Å². The molecule has 0 aromatic carbocycles. The van der Waals surface area contributed by atoms with Crippen LogP contribution in [0.4, 0.5) is 0 Å². The molecule has 2 heterocycles. The van der Waals surface area contributed by atoms with E-state index in [1.54, 1.807) is 11.3 Å². The Morgan fingerprint density at radius 1 is 1.43 bits per heavy atom. The number of halogens is 1. The fourth-order valence-electron chi connectivity index (χ4n) is 1.09. The lowest BCUT2D eigenvalue weighted by Gasteiger charge is -1.89. The maximum Gasteiger partial charge on any atom is 0.0955 e. The molecule has 0 saturated carbocycles. The van der Waals surface area contributed by atoms with E-state index >= 15 is 0 Å². The molecule has 0 aliphatic heterocycles. The molecule has 2 aromatic heterocycles. The molecule has 0 aliphatic rings. The second-order valence-corrected chi connectivity index (χ2v) is 5.36. The van der Waals surface area contributed by atoms with Crippen molar-refractivity contribution in [2.45, 2.75) is 6.42 Å². The van der Waals surface area contributed by atoms with Crippen molar-refractivity contribution in [3.63, 3.8) is 0 Å². The van der Waals surface area contributed by atoms with Gasteiger partial charge in [-0.15, -0.1) is 22.7 Å². The highest BCUT2D eigenvalue weighted by Crippen LogP contribution is 2.31. The van der Waals surface area contributed by atoms with Crippen LogP contribution in [0, 0.1) is 0 Å². The number of thiazole rings is 1. The molecule has 0 unspecified atom stereocenters. The van der Waals surface area contributed by atoms with Crippen LogP contribution in [-0.4, -0.2) is 16.7 Å². The normalized spacial score (nSPS) is 10.7. The second kappa shape index (κ2) is 4.40. The maximum absolute atomic E-state index is 8.75. The quantitative estimate of drug-likeness (QED) is 0.902. The van der Waals surface area contributed by atoms with Gasteiger partial charge in [0.1, 0.15) is 0 Å². The molecule has 74 valence electrons. The molecule has 1 N–H and O–H groups in total. The molecule has 0 amide bonds. The van der Waals surface area contributed by atoms with E-state index in [9.17, 15) is 0 Å². The molecule has 0 aliphatic carbocycles. The van der Waals surface area contributed by atoms with Crippen molar-refractivity contribution in [2.24, 2.45) is 0 Å². The Labute approximate surface area is 94.8 Å². The standard InChI is InChI=1S/C9H8ClNOS2/c10-8-2-1-7(14-8)6-5-13-9(11-6)3-4-12/h1-2,5,12H,3-4H2. The third kappa shape index (κ3) is 2.15. The Balaban J connectivity index is 2.24. The van der Waals surface area contributed by atoms with Crippen LogP contribution in [0.15, 0.2) is 17.5 Å². The third-order valence-corrected chi connectivity index (χ3v) is 3.87. The van der Waals surface area contributed by atoms with Crippen LogP contribution in [0.2, 0.25) is 4.34 Å². The van der Waals surface area contributed by atoms with Gasteiger partial charge in [-0.05, 0) is 12.1 Å². The zero-order chi connectivity index (χ0) is 9.97. The van der Waals surface area contributed by atoms with E-state index in [2.05, 4.69) is 4.98 Å². The fraction of sp³-hybridized carbons (Fsp3) is 0.222. The van der Waals surface area contributed by atoms with Crippen LogP contribution in [0.3, 0.4) is 0 Å². The van der Waals surface area contributed by atoms with Gasteiger partial charge in [0.15, 0.2) is 0 Å². The van der Waals surface area contributed by atoms with Crippen molar-refractivity contribution in [1.82, 2.24) is 4.98 Å². The van der Waals surface area contributed by atoms with Crippen molar-refractivity contribution in [1.29, 1.82) is 0 Å². The van der Waals surface area contributed by atoms with Crippen molar-refractivity contribution in [3.05, 3.63) is 26.9 Å². The first-order valence-corrected chi connectivity index (χ1v) is 6.18. The van der Waals surface area contributed by atoms with Gasteiger partial charge in [0.05, 0.1) is 19.9 Å². The average Bonchev–Trinajstić information content (AvgIpc) is 2.74. The average molecular weight is 246 g/mol. The third-order valence-electron chi connectivity index (χ3n) is 1.70. The minimum atomic E-state index is 0.151. The van der Waals surface area contributed by atoms with Crippen molar-refractivity contribution in [3.8, 4) is 10.6 Å². The number of hydrogen-bond donors (Lipinski definition) is 1. The van der Waals surface area contributed by atoms with Crippen molar-refractivity contribution < 1.29 is 5.11 Å². The van der Waals surface area contributed by atoms with Crippen LogP contribution < -0.4 is 0 Å². The molecule has 2 nitrogen and oxygen atoms in total. The Hall–Kier alpha value is -0.420. The summed E-state index contributed by atoms with van der Waals surface area (Å²) in [6, 6.07) is 3.83. The highest BCUT2D eigenvalue weighted by Gasteiger charge is 2.06. The van der Waals surface area contributed by atoms with Gasteiger partial charge in [-0.3, -0.25) is 0 Å². The smallest absolute Gasteiger partial charge is 0.0955 e. The molecule has 0 saturated heterocycles. The van der Waals surface area contributed by atoms with Crippen molar-refractivity contribution in [2.75, 3.05) is 6.61 Å². The molecule has 2 rings (SSSR count). The molecule has 0 fully saturated rings. The summed E-state index contributed by atoms with van der Waals surface area (Å²) in [5.41, 5.74) is 0.954. The highest BCUT2D eigenvalue weighted by atomic mass is 35.5. The molecular formula is C9H8ClNOS2. The number of hydrogen-bond acceptors (Lipinski definition) is 4. The molecule has 2 aromatic rings. The largest absolute Gasteiger partial charge is 0.396 e. The zero-order valence-corrected chi connectivity index (χ0v) is 9.62. The van der Waals surface area contributed by atoms with Gasteiger partial charge < -0.3 is 5.11 Å². The molecule has 5 heteroatoms. The number of nitrogens with zero attached hydrogens (tertiary/aromatic N) is 1. The van der Waals surface area contributed by atoms with Crippen LogP contribution in [-0.2, 0) is 6.42 Å². The van der Waals surface area contributed by atoms with Gasteiger partial charge in [0.25, 0.3) is 0 Å². The topological polar surface area (TPSA) is 33.1 Å². The van der Waals surface area contributed by atoms with E-state index in [0.717, 1.165) is 19.9 Å². The Morgan fingerprint density at radius 3 is 2.93 bits per heavy atom. The lowest BCUT2D eigenvalue weighted by atomic mass is 10.4. The molecule has 0 bridgehead atoms. The van der Waals surface area contributed by atoms with Gasteiger partial charge in [0, 0.05) is 18.4 Å². The number of aromatic nitrogens is 1. The summed E-state index contributed by atoms with van der Waals surface area (Å²) in [6.07, 6.45) is 0.629. The van der Waals surface area contributed by atoms with E-state index in [1.807, 2.05) is 17.5 Å². The minimum Gasteiger partial charge on any atom is -0.396 e. The van der Waals surface area contributed by atoms with Gasteiger partial charge in [-0.25, -0.2) is 4.98 Å². The van der Waals surface area contributed by atoms with Crippen LogP contribution in [0.25, 0.3) is 10.6 Å². The lowest BCUT2D eigenvalue weighted by molar-refractivity contribution is 0.299. The maximum atomic E-state index is 8.75. The molecule has 0 spiro atoms. The first kappa shape index (κ1) is 10.1. The molecule has 0 atom stereocenters. The second-order valence-electron chi connectivity index (χ2n) is 2.70. The van der Waals surface area contributed by atoms with Gasteiger partial charge in [-0.1, -0.05) is 11.6 Å². The van der Waals surface area contributed by atoms with Crippen LogP contribution >= 0.6 is 34.3 Å². The van der Waals surface area contributed by atoms with Gasteiger partial charge in [-0.2, -0.15) is 0 Å². The first-order chi connectivity index (χ1) is 6.79. The highest BCUT2D eigenvalue weighted by molar-refractivity contribution is 7.19. The minimum absolute atomic E-state index is 0.151. The summed E-state index contributed by atoms with van der Waals surface area (Å²) < 4.78 is 0.775. The number of thiophene rings is 1. The van der Waals surface area contributed by atoms with E-state index in [0.29, 0.717) is 6.42 Å². The zero-order valence-electron chi connectivity index (χ0n) is 7.24. The van der Waals surface area contributed by atoms with E-state index in [4.69, 9.17) is 16.7 Å². The summed E-state index contributed by atoms with van der Waals surface area (Å²) >= 11 is 8.92. The summed E-state index contributed by atoms with van der Waals surface area (Å²) in [5.74, 6) is 0. The number of aliphatic hydroxyl groups is 1. The summed E-state index contributed by atoms with van der Waals surface area (Å²) in [4.78, 5) is 5.47. The summed E-state index contributed by atoms with van der Waals surface area (Å²) in [5, 5.41) is 11.7. The fourth-order valence-corrected chi connectivity index (χ4v) is 2.95. The Morgan fingerprint density at radius 2 is 2.29 bits per heavy atom. The SMILES string of the molecule is OCCc1nc(-c2ccc(Cl)s2)cs1. The first-order valence-electron chi connectivity index (χ1n) is 4.10. The van der Waals surface area contributed by atoms with Crippen LogP contribution in [0.1, 0.15) is 5.01 Å². The van der Waals surface area contributed by atoms with E-state index in [-0.39, 0.29) is 6.61 Å². The number of aliphatic hydroxyl groups excluding tert-OH is 1. The molecular weight excluding hydrogens is 238 g/mol. The van der Waals surface area contributed by atoms with Gasteiger partial charge in [0.2, 0.25) is 0 Å². The number of rotatable bonds is 3. The predicted octanol–water partition coefficient (Wildman–Crippen LogP) is 3.06. The monoisotopic (exact) mass is 245 g/mol. The van der Waals surface area contributed by atoms with Crippen LogP contribution in [0.5, 0.6) is 0 Å². The van der Waals surface area contributed by atoms with Crippen molar-refractivity contribution >= 4 is 34.3 Å². The summed E-state index contributed by atoms with van der Waals surface area (Å²) in [6.45, 7) is 0.151. The lowest BCUT2D eigenvalue weighted by Crippen LogP contribution is -1.88. The predicted molar refractivity (Wildman–Crippen MR) is 61.2 cm³/mol. The van der Waals surface area contributed by atoms with E-state index < -0.39 is 0 Å².